The Morgan fingerprint density at radius 1 is 1.04 bits per heavy atom. The maximum absolute atomic E-state index is 13.1. The fourth-order valence-electron chi connectivity index (χ4n) is 3.03. The number of aliphatic hydroxyl groups excluding tert-OH is 1. The highest BCUT2D eigenvalue weighted by Crippen LogP contribution is 2.31. The molecule has 4 nitrogen and oxygen atoms in total. The van der Waals surface area contributed by atoms with Gasteiger partial charge >= 0.3 is 0 Å². The predicted molar refractivity (Wildman–Crippen MR) is 88.0 cm³/mol. The summed E-state index contributed by atoms with van der Waals surface area (Å²) in [4.78, 5) is 11.2. The van der Waals surface area contributed by atoms with E-state index in [4.69, 9.17) is 0 Å². The average molecular weight is 315 g/mol. The smallest absolute Gasteiger partial charge is 0.225 e. The average Bonchev–Trinajstić information content (AvgIpc) is 2.62. The first-order chi connectivity index (χ1) is 11.1. The number of aromatic nitrogens is 2. The Kier molecular flexibility index (Phi) is 4.57. The maximum atomic E-state index is 13.1. The van der Waals surface area contributed by atoms with Gasteiger partial charge in [-0.25, -0.2) is 14.4 Å². The summed E-state index contributed by atoms with van der Waals surface area (Å²) in [5.41, 5.74) is 1.02. The SMILES string of the molecule is C[C@@](CO)(c1ccc(F)cc1)c1cnc(N2CCCCC2)nc1. The molecule has 122 valence electrons. The van der Waals surface area contributed by atoms with E-state index in [1.807, 2.05) is 6.92 Å². The summed E-state index contributed by atoms with van der Waals surface area (Å²) in [6, 6.07) is 6.21. The van der Waals surface area contributed by atoms with Gasteiger partial charge in [-0.15, -0.1) is 0 Å². The van der Waals surface area contributed by atoms with Crippen molar-refractivity contribution in [2.75, 3.05) is 24.6 Å². The molecule has 1 aliphatic heterocycles. The van der Waals surface area contributed by atoms with Crippen LogP contribution in [0, 0.1) is 5.82 Å². The lowest BCUT2D eigenvalue weighted by Crippen LogP contribution is -2.32. The number of piperidine rings is 1. The van der Waals surface area contributed by atoms with Crippen molar-refractivity contribution in [1.82, 2.24) is 9.97 Å². The molecule has 1 aliphatic rings. The first-order valence-corrected chi connectivity index (χ1v) is 8.08. The number of hydrogen-bond donors (Lipinski definition) is 1. The quantitative estimate of drug-likeness (QED) is 0.942. The summed E-state index contributed by atoms with van der Waals surface area (Å²) in [5.74, 6) is 0.457. The number of anilines is 1. The van der Waals surface area contributed by atoms with Gasteiger partial charge in [0.15, 0.2) is 0 Å². The molecule has 1 aromatic heterocycles. The summed E-state index contributed by atoms with van der Waals surface area (Å²) < 4.78 is 13.1. The van der Waals surface area contributed by atoms with Crippen LogP contribution >= 0.6 is 0 Å². The lowest BCUT2D eigenvalue weighted by Gasteiger charge is -2.30. The molecule has 0 radical (unpaired) electrons. The van der Waals surface area contributed by atoms with Gasteiger partial charge in [0.05, 0.1) is 6.61 Å². The molecule has 0 amide bonds. The lowest BCUT2D eigenvalue weighted by atomic mass is 9.78. The van der Waals surface area contributed by atoms with E-state index in [-0.39, 0.29) is 12.4 Å². The molecule has 1 atom stereocenters. The number of nitrogens with zero attached hydrogens (tertiary/aromatic N) is 3. The van der Waals surface area contributed by atoms with Crippen LogP contribution in [-0.4, -0.2) is 34.8 Å². The Balaban J connectivity index is 1.87. The van der Waals surface area contributed by atoms with Crippen LogP contribution in [0.4, 0.5) is 10.3 Å². The molecule has 3 rings (SSSR count). The van der Waals surface area contributed by atoms with Crippen LogP contribution in [0.15, 0.2) is 36.7 Å². The van der Waals surface area contributed by atoms with Crippen LogP contribution in [0.25, 0.3) is 0 Å². The van der Waals surface area contributed by atoms with Gasteiger partial charge in [0, 0.05) is 36.5 Å². The summed E-state index contributed by atoms with van der Waals surface area (Å²) >= 11 is 0. The Morgan fingerprint density at radius 2 is 1.65 bits per heavy atom. The Labute approximate surface area is 136 Å². The molecule has 0 spiro atoms. The van der Waals surface area contributed by atoms with Crippen LogP contribution < -0.4 is 4.90 Å². The van der Waals surface area contributed by atoms with Gasteiger partial charge in [0.2, 0.25) is 5.95 Å². The maximum Gasteiger partial charge on any atom is 0.225 e. The third-order valence-electron chi connectivity index (χ3n) is 4.71. The van der Waals surface area contributed by atoms with E-state index in [0.29, 0.717) is 0 Å². The van der Waals surface area contributed by atoms with E-state index < -0.39 is 5.41 Å². The monoisotopic (exact) mass is 315 g/mol. The van der Waals surface area contributed by atoms with E-state index in [1.54, 1.807) is 24.5 Å². The minimum atomic E-state index is -0.645. The topological polar surface area (TPSA) is 49.3 Å². The van der Waals surface area contributed by atoms with Gasteiger partial charge < -0.3 is 10.0 Å². The van der Waals surface area contributed by atoms with Crippen LogP contribution in [0.2, 0.25) is 0 Å². The summed E-state index contributed by atoms with van der Waals surface area (Å²) in [7, 11) is 0. The van der Waals surface area contributed by atoms with Crippen molar-refractivity contribution in [3.05, 3.63) is 53.6 Å². The minimum absolute atomic E-state index is 0.0922. The molecule has 5 heteroatoms. The standard InChI is InChI=1S/C18H22FN3O/c1-18(13-23,14-5-7-16(19)8-6-14)15-11-20-17(21-12-15)22-9-3-2-4-10-22/h5-8,11-12,23H,2-4,9-10,13H2,1H3/t18-/m1/s1. The number of benzene rings is 1. The van der Waals surface area contributed by atoms with Crippen molar-refractivity contribution in [3.8, 4) is 0 Å². The number of aliphatic hydroxyl groups is 1. The normalized spacial score (nSPS) is 17.8. The highest BCUT2D eigenvalue weighted by molar-refractivity contribution is 5.39. The minimum Gasteiger partial charge on any atom is -0.395 e. The third kappa shape index (κ3) is 3.20. The van der Waals surface area contributed by atoms with Crippen molar-refractivity contribution in [2.45, 2.75) is 31.6 Å². The first kappa shape index (κ1) is 15.9. The fraction of sp³-hybridized carbons (Fsp3) is 0.444. The summed E-state index contributed by atoms with van der Waals surface area (Å²) in [6.07, 6.45) is 7.17. The number of halogens is 1. The van der Waals surface area contributed by atoms with Crippen LogP contribution in [-0.2, 0) is 5.41 Å². The second-order valence-electron chi connectivity index (χ2n) is 6.32. The van der Waals surface area contributed by atoms with E-state index in [0.717, 1.165) is 30.2 Å². The van der Waals surface area contributed by atoms with Crippen LogP contribution in [0.1, 0.15) is 37.3 Å². The zero-order chi connectivity index (χ0) is 16.3. The summed E-state index contributed by atoms with van der Waals surface area (Å²) in [5, 5.41) is 9.92. The van der Waals surface area contributed by atoms with E-state index in [9.17, 15) is 9.50 Å². The molecule has 0 bridgehead atoms. The second-order valence-corrected chi connectivity index (χ2v) is 6.32. The molecule has 2 heterocycles. The van der Waals surface area contributed by atoms with Gasteiger partial charge in [-0.1, -0.05) is 12.1 Å². The molecule has 0 unspecified atom stereocenters. The molecular weight excluding hydrogens is 293 g/mol. The molecule has 1 aromatic carbocycles. The molecule has 1 N–H and O–H groups in total. The zero-order valence-corrected chi connectivity index (χ0v) is 13.4. The van der Waals surface area contributed by atoms with E-state index >= 15 is 0 Å². The van der Waals surface area contributed by atoms with Gasteiger partial charge in [-0.3, -0.25) is 0 Å². The first-order valence-electron chi connectivity index (χ1n) is 8.08. The van der Waals surface area contributed by atoms with Gasteiger partial charge in [-0.2, -0.15) is 0 Å². The van der Waals surface area contributed by atoms with Crippen LogP contribution in [0.3, 0.4) is 0 Å². The molecule has 1 saturated heterocycles. The molecule has 0 aliphatic carbocycles. The number of rotatable bonds is 4. The fourth-order valence-corrected chi connectivity index (χ4v) is 3.03. The largest absolute Gasteiger partial charge is 0.395 e. The van der Waals surface area contributed by atoms with Crippen LogP contribution in [0.5, 0.6) is 0 Å². The third-order valence-corrected chi connectivity index (χ3v) is 4.71. The van der Waals surface area contributed by atoms with Crippen molar-refractivity contribution in [2.24, 2.45) is 0 Å². The molecular formula is C18H22FN3O. The van der Waals surface area contributed by atoms with Crippen molar-refractivity contribution in [3.63, 3.8) is 0 Å². The number of hydrogen-bond acceptors (Lipinski definition) is 4. The lowest BCUT2D eigenvalue weighted by molar-refractivity contribution is 0.230. The molecule has 0 saturated carbocycles. The van der Waals surface area contributed by atoms with E-state index in [2.05, 4.69) is 14.9 Å². The van der Waals surface area contributed by atoms with Gasteiger partial charge in [0.1, 0.15) is 5.82 Å². The molecule has 23 heavy (non-hydrogen) atoms. The highest BCUT2D eigenvalue weighted by atomic mass is 19.1. The second kappa shape index (κ2) is 6.62. The predicted octanol–water partition coefficient (Wildman–Crippen LogP) is 2.90. The Hall–Kier alpha value is -2.01. The van der Waals surface area contributed by atoms with Crippen molar-refractivity contribution in [1.29, 1.82) is 0 Å². The van der Waals surface area contributed by atoms with Crippen molar-refractivity contribution >= 4 is 5.95 Å². The Morgan fingerprint density at radius 3 is 2.22 bits per heavy atom. The van der Waals surface area contributed by atoms with Gasteiger partial charge in [0.25, 0.3) is 0 Å². The zero-order valence-electron chi connectivity index (χ0n) is 13.4. The van der Waals surface area contributed by atoms with Gasteiger partial charge in [-0.05, 0) is 43.9 Å². The highest BCUT2D eigenvalue weighted by Gasteiger charge is 2.29. The molecule has 2 aromatic rings. The molecule has 1 fully saturated rings. The van der Waals surface area contributed by atoms with E-state index in [1.165, 1.54) is 31.4 Å². The van der Waals surface area contributed by atoms with Crippen molar-refractivity contribution < 1.29 is 9.50 Å². The Bertz CT molecular complexity index is 638. The summed E-state index contributed by atoms with van der Waals surface area (Å²) in [6.45, 7) is 3.81.